The van der Waals surface area contributed by atoms with E-state index in [1.54, 1.807) is 37.3 Å². The molecule has 2 aromatic carbocycles. The summed E-state index contributed by atoms with van der Waals surface area (Å²) in [6.07, 6.45) is 1.42. The predicted molar refractivity (Wildman–Crippen MR) is 96.0 cm³/mol. The van der Waals surface area contributed by atoms with Crippen molar-refractivity contribution in [3.05, 3.63) is 87.7 Å². The van der Waals surface area contributed by atoms with Crippen LogP contribution in [0.3, 0.4) is 0 Å². The standard InChI is InChI=1S/C19H15N3O5/c1-2-27-19(24)17-16(18(23)13-6-4-3-5-7-13)12-21(20-17)14-8-10-15(11-9-14)22(25)26/h3-12H,2H2,1H3. The number of benzene rings is 2. The van der Waals surface area contributed by atoms with Crippen LogP contribution in [0.4, 0.5) is 5.69 Å². The number of ether oxygens (including phenoxy) is 1. The van der Waals surface area contributed by atoms with E-state index in [1.807, 2.05) is 0 Å². The molecule has 0 saturated heterocycles. The van der Waals surface area contributed by atoms with Gasteiger partial charge in [-0.15, -0.1) is 0 Å². The summed E-state index contributed by atoms with van der Waals surface area (Å²) in [7, 11) is 0. The number of nitro benzene ring substituents is 1. The second kappa shape index (κ2) is 7.61. The van der Waals surface area contributed by atoms with E-state index in [1.165, 1.54) is 35.1 Å². The lowest BCUT2D eigenvalue weighted by Gasteiger charge is -2.01. The highest BCUT2D eigenvalue weighted by Gasteiger charge is 2.24. The van der Waals surface area contributed by atoms with Crippen LogP contribution in [0.25, 0.3) is 5.69 Å². The molecule has 0 saturated carbocycles. The minimum atomic E-state index is -0.711. The maximum absolute atomic E-state index is 12.8. The number of rotatable bonds is 6. The van der Waals surface area contributed by atoms with Crippen molar-refractivity contribution in [3.63, 3.8) is 0 Å². The molecule has 0 N–H and O–H groups in total. The normalized spacial score (nSPS) is 10.4. The fraction of sp³-hybridized carbons (Fsp3) is 0.105. The van der Waals surface area contributed by atoms with Crippen molar-refractivity contribution >= 4 is 17.4 Å². The van der Waals surface area contributed by atoms with Gasteiger partial charge in [0.1, 0.15) is 0 Å². The first-order valence-corrected chi connectivity index (χ1v) is 8.12. The number of esters is 1. The fourth-order valence-corrected chi connectivity index (χ4v) is 2.49. The van der Waals surface area contributed by atoms with Gasteiger partial charge in [0.05, 0.1) is 22.8 Å². The molecule has 136 valence electrons. The maximum atomic E-state index is 12.8. The molecule has 0 aliphatic carbocycles. The number of hydrogen-bond donors (Lipinski definition) is 0. The van der Waals surface area contributed by atoms with Crippen molar-refractivity contribution in [3.8, 4) is 5.69 Å². The first-order valence-electron chi connectivity index (χ1n) is 8.12. The van der Waals surface area contributed by atoms with E-state index in [-0.39, 0.29) is 29.3 Å². The third-order valence-corrected chi connectivity index (χ3v) is 3.79. The van der Waals surface area contributed by atoms with E-state index in [9.17, 15) is 19.7 Å². The van der Waals surface area contributed by atoms with E-state index in [0.29, 0.717) is 11.3 Å². The molecule has 3 rings (SSSR count). The van der Waals surface area contributed by atoms with Crippen molar-refractivity contribution in [2.75, 3.05) is 6.61 Å². The quantitative estimate of drug-likeness (QED) is 0.287. The van der Waals surface area contributed by atoms with E-state index in [4.69, 9.17) is 4.74 Å². The molecule has 1 heterocycles. The molecule has 0 bridgehead atoms. The van der Waals surface area contributed by atoms with Crippen LogP contribution in [0.2, 0.25) is 0 Å². The van der Waals surface area contributed by atoms with Gasteiger partial charge in [-0.2, -0.15) is 5.10 Å². The van der Waals surface area contributed by atoms with E-state index < -0.39 is 10.9 Å². The predicted octanol–water partition coefficient (Wildman–Crippen LogP) is 3.19. The van der Waals surface area contributed by atoms with Gasteiger partial charge in [0.25, 0.3) is 5.69 Å². The Kier molecular flexibility index (Phi) is 5.07. The molecule has 0 atom stereocenters. The van der Waals surface area contributed by atoms with Crippen LogP contribution in [0.5, 0.6) is 0 Å². The molecule has 3 aromatic rings. The summed E-state index contributed by atoms with van der Waals surface area (Å²) < 4.78 is 6.32. The molecule has 0 spiro atoms. The van der Waals surface area contributed by atoms with Gasteiger partial charge in [0.15, 0.2) is 11.5 Å². The highest BCUT2D eigenvalue weighted by molar-refractivity contribution is 6.13. The summed E-state index contributed by atoms with van der Waals surface area (Å²) in [5, 5.41) is 15.0. The zero-order valence-corrected chi connectivity index (χ0v) is 14.4. The lowest BCUT2D eigenvalue weighted by Crippen LogP contribution is -2.12. The summed E-state index contributed by atoms with van der Waals surface area (Å²) in [5.41, 5.74) is 0.795. The molecule has 0 fully saturated rings. The lowest BCUT2D eigenvalue weighted by molar-refractivity contribution is -0.384. The van der Waals surface area contributed by atoms with Crippen molar-refractivity contribution in [1.29, 1.82) is 0 Å². The van der Waals surface area contributed by atoms with Crippen LogP contribution in [-0.2, 0) is 4.74 Å². The van der Waals surface area contributed by atoms with Crippen LogP contribution in [0.15, 0.2) is 60.8 Å². The molecular formula is C19H15N3O5. The molecule has 8 nitrogen and oxygen atoms in total. The SMILES string of the molecule is CCOC(=O)c1nn(-c2ccc([N+](=O)[O-])cc2)cc1C(=O)c1ccccc1. The van der Waals surface area contributed by atoms with Gasteiger partial charge < -0.3 is 4.74 Å². The number of non-ortho nitro benzene ring substituents is 1. The molecule has 27 heavy (non-hydrogen) atoms. The Bertz CT molecular complexity index is 994. The van der Waals surface area contributed by atoms with Crippen LogP contribution in [-0.4, -0.2) is 33.1 Å². The minimum absolute atomic E-state index is 0.0721. The molecule has 0 aliphatic rings. The first kappa shape index (κ1) is 18.0. The van der Waals surface area contributed by atoms with Gasteiger partial charge in [0.2, 0.25) is 0 Å². The molecule has 0 aliphatic heterocycles. The van der Waals surface area contributed by atoms with Crippen LogP contribution in [0, 0.1) is 10.1 Å². The van der Waals surface area contributed by atoms with Gasteiger partial charge in [-0.3, -0.25) is 14.9 Å². The third-order valence-electron chi connectivity index (χ3n) is 3.79. The Morgan fingerprint density at radius 2 is 1.78 bits per heavy atom. The van der Waals surface area contributed by atoms with Crippen LogP contribution in [0.1, 0.15) is 33.3 Å². The van der Waals surface area contributed by atoms with Gasteiger partial charge in [0, 0.05) is 23.9 Å². The number of nitro groups is 1. The van der Waals surface area contributed by atoms with Gasteiger partial charge in [-0.25, -0.2) is 9.48 Å². The number of ketones is 1. The first-order chi connectivity index (χ1) is 13.0. The zero-order valence-electron chi connectivity index (χ0n) is 14.4. The Morgan fingerprint density at radius 1 is 1.11 bits per heavy atom. The van der Waals surface area contributed by atoms with Crippen molar-refractivity contribution in [1.82, 2.24) is 9.78 Å². The van der Waals surface area contributed by atoms with Crippen LogP contribution >= 0.6 is 0 Å². The summed E-state index contributed by atoms with van der Waals surface area (Å²) in [5.74, 6) is -1.08. The lowest BCUT2D eigenvalue weighted by atomic mass is 10.0. The molecular weight excluding hydrogens is 350 g/mol. The average Bonchev–Trinajstić information content (AvgIpc) is 3.14. The Hall–Kier alpha value is -3.81. The molecule has 0 unspecified atom stereocenters. The maximum Gasteiger partial charge on any atom is 0.359 e. The molecule has 0 radical (unpaired) electrons. The third kappa shape index (κ3) is 3.74. The molecule has 8 heteroatoms. The smallest absolute Gasteiger partial charge is 0.359 e. The largest absolute Gasteiger partial charge is 0.461 e. The second-order valence-electron chi connectivity index (χ2n) is 5.53. The number of nitrogens with zero attached hydrogens (tertiary/aromatic N) is 3. The van der Waals surface area contributed by atoms with Gasteiger partial charge in [-0.1, -0.05) is 30.3 Å². The van der Waals surface area contributed by atoms with Crippen molar-refractivity contribution in [2.24, 2.45) is 0 Å². The Morgan fingerprint density at radius 3 is 2.37 bits per heavy atom. The van der Waals surface area contributed by atoms with Crippen molar-refractivity contribution in [2.45, 2.75) is 6.92 Å². The fourth-order valence-electron chi connectivity index (χ4n) is 2.49. The van der Waals surface area contributed by atoms with Gasteiger partial charge >= 0.3 is 5.97 Å². The number of carbonyl (C=O) groups is 2. The van der Waals surface area contributed by atoms with E-state index in [2.05, 4.69) is 5.10 Å². The van der Waals surface area contributed by atoms with Crippen LogP contribution < -0.4 is 0 Å². The Labute approximate surface area is 154 Å². The zero-order chi connectivity index (χ0) is 19.4. The number of carbonyl (C=O) groups excluding carboxylic acids is 2. The van der Waals surface area contributed by atoms with Crippen molar-refractivity contribution < 1.29 is 19.2 Å². The number of aromatic nitrogens is 2. The minimum Gasteiger partial charge on any atom is -0.461 e. The number of hydrogen-bond acceptors (Lipinski definition) is 6. The van der Waals surface area contributed by atoms with E-state index >= 15 is 0 Å². The average molecular weight is 365 g/mol. The summed E-state index contributed by atoms with van der Waals surface area (Å²) >= 11 is 0. The second-order valence-corrected chi connectivity index (χ2v) is 5.53. The molecule has 1 aromatic heterocycles. The molecule has 0 amide bonds. The summed E-state index contributed by atoms with van der Waals surface area (Å²) in [6.45, 7) is 1.80. The Balaban J connectivity index is 2.05. The highest BCUT2D eigenvalue weighted by atomic mass is 16.6. The summed E-state index contributed by atoms with van der Waals surface area (Å²) in [6, 6.07) is 14.1. The van der Waals surface area contributed by atoms with Gasteiger partial charge in [-0.05, 0) is 19.1 Å². The highest BCUT2D eigenvalue weighted by Crippen LogP contribution is 2.20. The van der Waals surface area contributed by atoms with E-state index in [0.717, 1.165) is 0 Å². The summed E-state index contributed by atoms with van der Waals surface area (Å²) in [4.78, 5) is 35.3. The topological polar surface area (TPSA) is 104 Å². The monoisotopic (exact) mass is 365 g/mol.